The van der Waals surface area contributed by atoms with Gasteiger partial charge in [0, 0.05) is 5.56 Å². The molecule has 0 amide bonds. The van der Waals surface area contributed by atoms with Crippen LogP contribution in [-0.4, -0.2) is 7.11 Å². The monoisotopic (exact) mass is 175 g/mol. The Morgan fingerprint density at radius 1 is 1.46 bits per heavy atom. The fourth-order valence-electron chi connectivity index (χ4n) is 1.24. The molecule has 0 bridgehead atoms. The first-order valence-electron chi connectivity index (χ1n) is 4.34. The Hall–Kier alpha value is -1.49. The lowest BCUT2D eigenvalue weighted by Crippen LogP contribution is -1.92. The number of hydrogen-bond donors (Lipinski definition) is 0. The van der Waals surface area contributed by atoms with Crippen molar-refractivity contribution in [1.29, 1.82) is 5.26 Å². The first kappa shape index (κ1) is 9.60. The summed E-state index contributed by atoms with van der Waals surface area (Å²) in [4.78, 5) is 0. The summed E-state index contributed by atoms with van der Waals surface area (Å²) in [5.41, 5.74) is 2.20. The molecule has 0 aliphatic heterocycles. The van der Waals surface area contributed by atoms with Crippen molar-refractivity contribution in [2.75, 3.05) is 7.11 Å². The number of nitriles is 1. The highest BCUT2D eigenvalue weighted by Crippen LogP contribution is 2.20. The van der Waals surface area contributed by atoms with Crippen molar-refractivity contribution in [2.24, 2.45) is 0 Å². The molecule has 2 nitrogen and oxygen atoms in total. The second-order valence-corrected chi connectivity index (χ2v) is 2.83. The van der Waals surface area contributed by atoms with Gasteiger partial charge in [-0.25, -0.2) is 0 Å². The molecule has 13 heavy (non-hydrogen) atoms. The molecule has 0 aromatic heterocycles. The summed E-state index contributed by atoms with van der Waals surface area (Å²) >= 11 is 0. The van der Waals surface area contributed by atoms with Gasteiger partial charge in [0.25, 0.3) is 0 Å². The van der Waals surface area contributed by atoms with Gasteiger partial charge >= 0.3 is 0 Å². The average molecular weight is 175 g/mol. The Kier molecular flexibility index (Phi) is 3.33. The largest absolute Gasteiger partial charge is 0.496 e. The van der Waals surface area contributed by atoms with Crippen molar-refractivity contribution < 1.29 is 4.74 Å². The Bertz CT molecular complexity index is 325. The molecule has 1 rings (SSSR count). The Morgan fingerprint density at radius 2 is 2.23 bits per heavy atom. The minimum atomic E-state index is 0.410. The quantitative estimate of drug-likeness (QED) is 0.706. The summed E-state index contributed by atoms with van der Waals surface area (Å²) in [5, 5.41) is 8.56. The van der Waals surface area contributed by atoms with Crippen LogP contribution in [-0.2, 0) is 12.8 Å². The highest BCUT2D eigenvalue weighted by molar-refractivity contribution is 5.39. The van der Waals surface area contributed by atoms with E-state index in [-0.39, 0.29) is 0 Å². The normalized spacial score (nSPS) is 9.31. The van der Waals surface area contributed by atoms with Crippen LogP contribution in [0.25, 0.3) is 0 Å². The first-order chi connectivity index (χ1) is 6.31. The van der Waals surface area contributed by atoms with Crippen LogP contribution in [0, 0.1) is 11.3 Å². The third kappa shape index (κ3) is 2.22. The average Bonchev–Trinajstić information content (AvgIpc) is 2.19. The second kappa shape index (κ2) is 4.51. The number of hydrogen-bond acceptors (Lipinski definition) is 2. The Balaban J connectivity index is 3.02. The highest BCUT2D eigenvalue weighted by atomic mass is 16.5. The van der Waals surface area contributed by atoms with Gasteiger partial charge in [0.05, 0.1) is 19.6 Å². The molecular weight excluding hydrogens is 162 g/mol. The molecule has 0 saturated carbocycles. The van der Waals surface area contributed by atoms with Gasteiger partial charge in [-0.1, -0.05) is 19.1 Å². The van der Waals surface area contributed by atoms with E-state index in [0.717, 1.165) is 17.7 Å². The van der Waals surface area contributed by atoms with E-state index >= 15 is 0 Å². The molecule has 0 unspecified atom stereocenters. The Labute approximate surface area is 78.8 Å². The second-order valence-electron chi connectivity index (χ2n) is 2.83. The summed E-state index contributed by atoms with van der Waals surface area (Å²) in [6.45, 7) is 2.10. The SMILES string of the molecule is CCc1ccc(CC#N)c(OC)c1. The van der Waals surface area contributed by atoms with Gasteiger partial charge in [-0.2, -0.15) is 5.26 Å². The lowest BCUT2D eigenvalue weighted by atomic mass is 10.1. The van der Waals surface area contributed by atoms with Crippen LogP contribution in [0.1, 0.15) is 18.1 Å². The minimum Gasteiger partial charge on any atom is -0.496 e. The molecule has 68 valence electrons. The van der Waals surface area contributed by atoms with Gasteiger partial charge in [-0.05, 0) is 18.1 Å². The molecule has 0 aliphatic carbocycles. The molecule has 0 heterocycles. The van der Waals surface area contributed by atoms with Crippen LogP contribution >= 0.6 is 0 Å². The topological polar surface area (TPSA) is 33.0 Å². The van der Waals surface area contributed by atoms with Crippen LogP contribution in [0.4, 0.5) is 0 Å². The van der Waals surface area contributed by atoms with Crippen LogP contribution in [0.15, 0.2) is 18.2 Å². The maximum atomic E-state index is 8.56. The van der Waals surface area contributed by atoms with Crippen LogP contribution in [0.3, 0.4) is 0 Å². The van der Waals surface area contributed by atoms with Gasteiger partial charge in [0.2, 0.25) is 0 Å². The summed E-state index contributed by atoms with van der Waals surface area (Å²) in [5.74, 6) is 0.820. The molecule has 0 aliphatic rings. The predicted octanol–water partition coefficient (Wildman–Crippen LogP) is 2.32. The molecule has 0 saturated heterocycles. The summed E-state index contributed by atoms with van der Waals surface area (Å²) in [7, 11) is 1.63. The standard InChI is InChI=1S/C11H13NO/c1-3-9-4-5-10(6-7-12)11(8-9)13-2/h4-5,8H,3,6H2,1-2H3. The molecule has 1 aromatic carbocycles. The fraction of sp³-hybridized carbons (Fsp3) is 0.364. The van der Waals surface area contributed by atoms with Gasteiger partial charge in [0.1, 0.15) is 5.75 Å². The zero-order valence-corrected chi connectivity index (χ0v) is 8.00. The van der Waals surface area contributed by atoms with E-state index in [1.54, 1.807) is 7.11 Å². The molecule has 0 spiro atoms. The van der Waals surface area contributed by atoms with E-state index in [2.05, 4.69) is 13.0 Å². The number of ether oxygens (including phenoxy) is 1. The van der Waals surface area contributed by atoms with Crippen molar-refractivity contribution in [2.45, 2.75) is 19.8 Å². The number of benzene rings is 1. The van der Waals surface area contributed by atoms with Gasteiger partial charge in [0.15, 0.2) is 0 Å². The minimum absolute atomic E-state index is 0.410. The van der Waals surface area contributed by atoms with Gasteiger partial charge in [-0.3, -0.25) is 0 Å². The van der Waals surface area contributed by atoms with Crippen molar-refractivity contribution in [3.63, 3.8) is 0 Å². The van der Waals surface area contributed by atoms with Crippen LogP contribution < -0.4 is 4.74 Å². The lowest BCUT2D eigenvalue weighted by molar-refractivity contribution is 0.410. The molecule has 1 aromatic rings. The van der Waals surface area contributed by atoms with E-state index in [1.165, 1.54) is 5.56 Å². The molecule has 0 radical (unpaired) electrons. The van der Waals surface area contributed by atoms with Crippen LogP contribution in [0.2, 0.25) is 0 Å². The maximum Gasteiger partial charge on any atom is 0.123 e. The van der Waals surface area contributed by atoms with Gasteiger partial charge in [-0.15, -0.1) is 0 Å². The molecule has 2 heteroatoms. The van der Waals surface area contributed by atoms with Crippen LogP contribution in [0.5, 0.6) is 5.75 Å². The third-order valence-corrected chi connectivity index (χ3v) is 2.03. The predicted molar refractivity (Wildman–Crippen MR) is 51.7 cm³/mol. The Morgan fingerprint density at radius 3 is 2.77 bits per heavy atom. The smallest absolute Gasteiger partial charge is 0.123 e. The van der Waals surface area contributed by atoms with Gasteiger partial charge < -0.3 is 4.74 Å². The summed E-state index contributed by atoms with van der Waals surface area (Å²) < 4.78 is 5.19. The number of rotatable bonds is 3. The van der Waals surface area contributed by atoms with Crippen molar-refractivity contribution in [3.8, 4) is 11.8 Å². The number of nitrogens with zero attached hydrogens (tertiary/aromatic N) is 1. The molecular formula is C11H13NO. The maximum absolute atomic E-state index is 8.56. The molecule has 0 fully saturated rings. The molecule has 0 N–H and O–H groups in total. The zero-order valence-electron chi connectivity index (χ0n) is 8.00. The highest BCUT2D eigenvalue weighted by Gasteiger charge is 2.02. The summed E-state index contributed by atoms with van der Waals surface area (Å²) in [6, 6.07) is 8.11. The third-order valence-electron chi connectivity index (χ3n) is 2.03. The number of methoxy groups -OCH3 is 1. The lowest BCUT2D eigenvalue weighted by Gasteiger charge is -2.06. The molecule has 0 atom stereocenters. The van der Waals surface area contributed by atoms with E-state index in [1.807, 2.05) is 18.2 Å². The van der Waals surface area contributed by atoms with E-state index < -0.39 is 0 Å². The fourth-order valence-corrected chi connectivity index (χ4v) is 1.24. The van der Waals surface area contributed by atoms with E-state index in [9.17, 15) is 0 Å². The zero-order chi connectivity index (χ0) is 9.68. The van der Waals surface area contributed by atoms with E-state index in [0.29, 0.717) is 6.42 Å². The van der Waals surface area contributed by atoms with E-state index in [4.69, 9.17) is 10.00 Å². The van der Waals surface area contributed by atoms with Crippen molar-refractivity contribution in [1.82, 2.24) is 0 Å². The number of aryl methyl sites for hydroxylation is 1. The first-order valence-corrected chi connectivity index (χ1v) is 4.34. The summed E-state index contributed by atoms with van der Waals surface area (Å²) in [6.07, 6.45) is 1.40. The van der Waals surface area contributed by atoms with Crippen molar-refractivity contribution >= 4 is 0 Å². The van der Waals surface area contributed by atoms with Crippen molar-refractivity contribution in [3.05, 3.63) is 29.3 Å².